The van der Waals surface area contributed by atoms with E-state index in [-0.39, 0.29) is 5.41 Å². The van der Waals surface area contributed by atoms with Gasteiger partial charge in [0.2, 0.25) is 0 Å². The Balaban J connectivity index is 1.77. The van der Waals surface area contributed by atoms with Gasteiger partial charge in [0, 0.05) is 25.2 Å². The molecule has 2 unspecified atom stereocenters. The summed E-state index contributed by atoms with van der Waals surface area (Å²) in [6.07, 6.45) is 4.93. The lowest BCUT2D eigenvalue weighted by Crippen LogP contribution is -2.55. The van der Waals surface area contributed by atoms with Gasteiger partial charge in [-0.3, -0.25) is 9.80 Å². The maximum atomic E-state index is 9.04. The summed E-state index contributed by atoms with van der Waals surface area (Å²) in [6, 6.07) is 3.90. The van der Waals surface area contributed by atoms with Crippen molar-refractivity contribution >= 4 is 0 Å². The second-order valence-corrected chi connectivity index (χ2v) is 6.73. The lowest BCUT2D eigenvalue weighted by Gasteiger charge is -2.42. The van der Waals surface area contributed by atoms with Gasteiger partial charge in [-0.2, -0.15) is 5.26 Å². The Kier molecular flexibility index (Phi) is 4.29. The molecule has 0 aromatic rings. The fourth-order valence-corrected chi connectivity index (χ4v) is 3.34. The predicted molar refractivity (Wildman–Crippen MR) is 74.3 cm³/mol. The van der Waals surface area contributed by atoms with Crippen LogP contribution >= 0.6 is 0 Å². The minimum atomic E-state index is -0.154. The Morgan fingerprint density at radius 1 is 1.33 bits per heavy atom. The van der Waals surface area contributed by atoms with Crippen LogP contribution in [0.4, 0.5) is 0 Å². The quantitative estimate of drug-likeness (QED) is 0.767. The molecule has 0 spiro atoms. The molecule has 0 saturated carbocycles. The van der Waals surface area contributed by atoms with E-state index in [1.165, 1.54) is 32.5 Å². The van der Waals surface area contributed by atoms with Gasteiger partial charge in [0.05, 0.1) is 11.5 Å². The van der Waals surface area contributed by atoms with E-state index < -0.39 is 0 Å². The number of hydrogen-bond acceptors (Lipinski definition) is 3. The minimum Gasteiger partial charge on any atom is -0.298 e. The topological polar surface area (TPSA) is 30.3 Å². The second kappa shape index (κ2) is 5.59. The van der Waals surface area contributed by atoms with E-state index in [2.05, 4.69) is 22.8 Å². The largest absolute Gasteiger partial charge is 0.298 e. The van der Waals surface area contributed by atoms with Gasteiger partial charge in [-0.25, -0.2) is 0 Å². The first-order valence-corrected chi connectivity index (χ1v) is 7.41. The van der Waals surface area contributed by atoms with Gasteiger partial charge < -0.3 is 0 Å². The van der Waals surface area contributed by atoms with Crippen LogP contribution in [0.5, 0.6) is 0 Å². The van der Waals surface area contributed by atoms with Gasteiger partial charge >= 0.3 is 0 Å². The highest BCUT2D eigenvalue weighted by atomic mass is 15.3. The summed E-state index contributed by atoms with van der Waals surface area (Å²) in [4.78, 5) is 5.31. The van der Waals surface area contributed by atoms with E-state index in [0.717, 1.165) is 25.4 Å². The van der Waals surface area contributed by atoms with Crippen LogP contribution in [0.2, 0.25) is 0 Å². The van der Waals surface area contributed by atoms with Crippen LogP contribution in [0, 0.1) is 16.7 Å². The summed E-state index contributed by atoms with van der Waals surface area (Å²) in [5.41, 5.74) is -0.154. The first kappa shape index (κ1) is 13.8. The summed E-state index contributed by atoms with van der Waals surface area (Å²) >= 11 is 0. The molecule has 0 bridgehead atoms. The lowest BCUT2D eigenvalue weighted by molar-refractivity contribution is 0.0571. The Labute approximate surface area is 112 Å². The van der Waals surface area contributed by atoms with Gasteiger partial charge in [0.1, 0.15) is 0 Å². The smallest absolute Gasteiger partial charge is 0.0683 e. The van der Waals surface area contributed by atoms with Crippen molar-refractivity contribution in [3.63, 3.8) is 0 Å². The van der Waals surface area contributed by atoms with Crippen LogP contribution in [-0.2, 0) is 0 Å². The van der Waals surface area contributed by atoms with Gasteiger partial charge in [-0.1, -0.05) is 0 Å². The van der Waals surface area contributed by atoms with Crippen LogP contribution in [-0.4, -0.2) is 48.1 Å². The van der Waals surface area contributed by atoms with Crippen molar-refractivity contribution < 1.29 is 0 Å². The third-order valence-electron chi connectivity index (χ3n) is 4.62. The first-order valence-electron chi connectivity index (χ1n) is 7.41. The van der Waals surface area contributed by atoms with Crippen LogP contribution in [0.1, 0.15) is 46.5 Å². The number of nitriles is 1. The summed E-state index contributed by atoms with van der Waals surface area (Å²) in [5.74, 6) is 0. The molecule has 2 fully saturated rings. The SMILES string of the molecule is CC1CN2CCCC2CN1CCCC(C)(C)C#N. The third kappa shape index (κ3) is 3.24. The van der Waals surface area contributed by atoms with E-state index in [1.54, 1.807) is 0 Å². The molecule has 0 aromatic carbocycles. The van der Waals surface area contributed by atoms with Crippen LogP contribution in [0.25, 0.3) is 0 Å². The van der Waals surface area contributed by atoms with E-state index in [9.17, 15) is 0 Å². The zero-order valence-corrected chi connectivity index (χ0v) is 12.2. The summed E-state index contributed by atoms with van der Waals surface area (Å²) in [6.45, 7) is 11.4. The van der Waals surface area contributed by atoms with Gasteiger partial charge in [-0.15, -0.1) is 0 Å². The van der Waals surface area contributed by atoms with Crippen molar-refractivity contribution in [3.8, 4) is 6.07 Å². The van der Waals surface area contributed by atoms with Crippen molar-refractivity contribution in [1.82, 2.24) is 9.80 Å². The summed E-state index contributed by atoms with van der Waals surface area (Å²) < 4.78 is 0. The summed E-state index contributed by atoms with van der Waals surface area (Å²) in [5, 5.41) is 9.04. The van der Waals surface area contributed by atoms with Crippen molar-refractivity contribution in [2.75, 3.05) is 26.2 Å². The molecule has 2 aliphatic heterocycles. The average Bonchev–Trinajstić information content (AvgIpc) is 2.76. The molecule has 0 radical (unpaired) electrons. The normalized spacial score (nSPS) is 30.1. The van der Waals surface area contributed by atoms with Gasteiger partial charge in [0.15, 0.2) is 0 Å². The Morgan fingerprint density at radius 2 is 2.11 bits per heavy atom. The molecule has 102 valence electrons. The molecule has 3 heteroatoms. The van der Waals surface area contributed by atoms with E-state index in [4.69, 9.17) is 5.26 Å². The van der Waals surface area contributed by atoms with Gasteiger partial charge in [-0.05, 0) is 59.5 Å². The molecule has 3 nitrogen and oxygen atoms in total. The molecule has 0 aromatic heterocycles. The molecule has 18 heavy (non-hydrogen) atoms. The molecule has 2 rings (SSSR count). The summed E-state index contributed by atoms with van der Waals surface area (Å²) in [7, 11) is 0. The first-order chi connectivity index (χ1) is 8.52. The highest BCUT2D eigenvalue weighted by Gasteiger charge is 2.34. The van der Waals surface area contributed by atoms with Crippen molar-refractivity contribution in [3.05, 3.63) is 0 Å². The number of hydrogen-bond donors (Lipinski definition) is 0. The maximum Gasteiger partial charge on any atom is 0.0683 e. The van der Waals surface area contributed by atoms with E-state index in [1.807, 2.05) is 13.8 Å². The van der Waals surface area contributed by atoms with Crippen LogP contribution < -0.4 is 0 Å². The number of piperazine rings is 1. The molecule has 0 aliphatic carbocycles. The molecule has 2 atom stereocenters. The predicted octanol–water partition coefficient (Wildman–Crippen LogP) is 2.48. The highest BCUT2D eigenvalue weighted by Crippen LogP contribution is 2.26. The fourth-order valence-electron chi connectivity index (χ4n) is 3.34. The van der Waals surface area contributed by atoms with E-state index >= 15 is 0 Å². The second-order valence-electron chi connectivity index (χ2n) is 6.73. The molecule has 2 heterocycles. The zero-order chi connectivity index (χ0) is 13.2. The Hall–Kier alpha value is -0.590. The van der Waals surface area contributed by atoms with Crippen molar-refractivity contribution in [2.24, 2.45) is 5.41 Å². The Bertz CT molecular complexity index is 318. The van der Waals surface area contributed by atoms with Crippen LogP contribution in [0.3, 0.4) is 0 Å². The highest BCUT2D eigenvalue weighted by molar-refractivity contribution is 4.93. The van der Waals surface area contributed by atoms with Crippen LogP contribution in [0.15, 0.2) is 0 Å². The average molecular weight is 249 g/mol. The minimum absolute atomic E-state index is 0.154. The molecule has 2 aliphatic rings. The lowest BCUT2D eigenvalue weighted by atomic mass is 9.89. The van der Waals surface area contributed by atoms with E-state index in [0.29, 0.717) is 6.04 Å². The van der Waals surface area contributed by atoms with Gasteiger partial charge in [0.25, 0.3) is 0 Å². The fraction of sp³-hybridized carbons (Fsp3) is 0.933. The van der Waals surface area contributed by atoms with Crippen molar-refractivity contribution in [1.29, 1.82) is 5.26 Å². The number of rotatable bonds is 4. The molecular formula is C15H27N3. The Morgan fingerprint density at radius 3 is 2.83 bits per heavy atom. The molecular weight excluding hydrogens is 222 g/mol. The maximum absolute atomic E-state index is 9.04. The standard InChI is InChI=1S/C15H27N3/c1-13-10-18-8-4-6-14(18)11-17(13)9-5-7-15(2,3)12-16/h13-14H,4-11H2,1-3H3. The molecule has 2 saturated heterocycles. The monoisotopic (exact) mass is 249 g/mol. The molecule has 0 N–H and O–H groups in total. The number of fused-ring (bicyclic) bond motifs is 1. The molecule has 0 amide bonds. The van der Waals surface area contributed by atoms with Crippen molar-refractivity contribution in [2.45, 2.75) is 58.5 Å². The number of nitrogens with zero attached hydrogens (tertiary/aromatic N) is 3. The zero-order valence-electron chi connectivity index (χ0n) is 12.2. The third-order valence-corrected chi connectivity index (χ3v) is 4.62.